The number of aromatic nitrogens is 1. The van der Waals surface area contributed by atoms with Gasteiger partial charge in [0.15, 0.2) is 0 Å². The van der Waals surface area contributed by atoms with Crippen molar-refractivity contribution in [3.63, 3.8) is 0 Å². The van der Waals surface area contributed by atoms with Crippen LogP contribution in [-0.2, 0) is 4.79 Å². The lowest BCUT2D eigenvalue weighted by molar-refractivity contribution is -0.384. The first kappa shape index (κ1) is 13.7. The highest BCUT2D eigenvalue weighted by Gasteiger charge is 2.38. The van der Waals surface area contributed by atoms with E-state index in [2.05, 4.69) is 4.98 Å². The van der Waals surface area contributed by atoms with E-state index in [9.17, 15) is 14.9 Å². The Hall–Kier alpha value is -2.69. The number of hydrogen-bond donors (Lipinski definition) is 1. The Kier molecular flexibility index (Phi) is 3.52. The fraction of sp³-hybridized carbons (Fsp3) is 0.417. The van der Waals surface area contributed by atoms with Crippen LogP contribution >= 0.6 is 0 Å². The average molecular weight is 276 g/mol. The Morgan fingerprint density at radius 2 is 2.35 bits per heavy atom. The van der Waals surface area contributed by atoms with Gasteiger partial charge in [-0.05, 0) is 0 Å². The van der Waals surface area contributed by atoms with Gasteiger partial charge in [-0.15, -0.1) is 0 Å². The normalized spacial score (nSPS) is 16.1. The highest BCUT2D eigenvalue weighted by Crippen LogP contribution is 2.34. The molecule has 0 amide bonds. The SMILES string of the molecule is CC(C(=O)O)C1CN(c2ncc(C#N)cc2[N+](=O)[O-])C1. The first-order valence-electron chi connectivity index (χ1n) is 5.96. The molecule has 0 bridgehead atoms. The van der Waals surface area contributed by atoms with Crippen LogP contribution in [0.1, 0.15) is 12.5 Å². The van der Waals surface area contributed by atoms with E-state index in [-0.39, 0.29) is 23.0 Å². The number of nitriles is 1. The molecule has 0 spiro atoms. The molecule has 2 rings (SSSR count). The van der Waals surface area contributed by atoms with Crippen molar-refractivity contribution in [2.24, 2.45) is 11.8 Å². The number of nitro groups is 1. The summed E-state index contributed by atoms with van der Waals surface area (Å²) < 4.78 is 0. The van der Waals surface area contributed by atoms with Gasteiger partial charge in [-0.2, -0.15) is 5.26 Å². The Morgan fingerprint density at radius 1 is 1.70 bits per heavy atom. The van der Waals surface area contributed by atoms with Crippen LogP contribution in [0.15, 0.2) is 12.3 Å². The van der Waals surface area contributed by atoms with E-state index in [1.807, 2.05) is 0 Å². The number of pyridine rings is 1. The minimum Gasteiger partial charge on any atom is -0.481 e. The van der Waals surface area contributed by atoms with Crippen LogP contribution in [0.3, 0.4) is 0 Å². The Balaban J connectivity index is 2.18. The first-order valence-corrected chi connectivity index (χ1v) is 5.96. The van der Waals surface area contributed by atoms with Crippen molar-refractivity contribution >= 4 is 17.5 Å². The molecular weight excluding hydrogens is 264 g/mol. The van der Waals surface area contributed by atoms with Crippen molar-refractivity contribution in [2.75, 3.05) is 18.0 Å². The summed E-state index contributed by atoms with van der Waals surface area (Å²) in [5.41, 5.74) is -0.109. The molecule has 1 aromatic rings. The molecule has 2 heterocycles. The quantitative estimate of drug-likeness (QED) is 0.643. The van der Waals surface area contributed by atoms with E-state index in [1.165, 1.54) is 12.3 Å². The van der Waals surface area contributed by atoms with Crippen molar-refractivity contribution in [1.82, 2.24) is 4.98 Å². The Morgan fingerprint density at radius 3 is 2.85 bits per heavy atom. The molecular formula is C12H12N4O4. The summed E-state index contributed by atoms with van der Waals surface area (Å²) in [6.07, 6.45) is 1.27. The van der Waals surface area contributed by atoms with Crippen molar-refractivity contribution in [3.8, 4) is 6.07 Å². The zero-order valence-electron chi connectivity index (χ0n) is 10.7. The van der Waals surface area contributed by atoms with Gasteiger partial charge in [0.1, 0.15) is 6.07 Å². The van der Waals surface area contributed by atoms with E-state index >= 15 is 0 Å². The molecule has 1 atom stereocenters. The summed E-state index contributed by atoms with van der Waals surface area (Å²) in [4.78, 5) is 26.9. The van der Waals surface area contributed by atoms with Gasteiger partial charge in [0, 0.05) is 31.3 Å². The molecule has 1 fully saturated rings. The third-order valence-corrected chi connectivity index (χ3v) is 3.48. The predicted molar refractivity (Wildman–Crippen MR) is 68.1 cm³/mol. The average Bonchev–Trinajstić information content (AvgIpc) is 2.36. The second-order valence-corrected chi connectivity index (χ2v) is 4.73. The minimum absolute atomic E-state index is 0.0513. The topological polar surface area (TPSA) is 120 Å². The van der Waals surface area contributed by atoms with Gasteiger partial charge in [0.05, 0.1) is 16.4 Å². The van der Waals surface area contributed by atoms with Crippen LogP contribution < -0.4 is 4.90 Å². The van der Waals surface area contributed by atoms with Gasteiger partial charge >= 0.3 is 11.7 Å². The lowest BCUT2D eigenvalue weighted by Gasteiger charge is -2.41. The number of carbonyl (C=O) groups is 1. The third-order valence-electron chi connectivity index (χ3n) is 3.48. The summed E-state index contributed by atoms with van der Waals surface area (Å²) >= 11 is 0. The molecule has 0 radical (unpaired) electrons. The first-order chi connectivity index (χ1) is 9.43. The van der Waals surface area contributed by atoms with E-state index in [0.29, 0.717) is 13.1 Å². The molecule has 1 aromatic heterocycles. The number of aliphatic carboxylic acids is 1. The fourth-order valence-corrected chi connectivity index (χ4v) is 2.09. The van der Waals surface area contributed by atoms with Crippen molar-refractivity contribution in [3.05, 3.63) is 27.9 Å². The Bertz CT molecular complexity index is 604. The summed E-state index contributed by atoms with van der Waals surface area (Å²) in [5, 5.41) is 28.6. The fourth-order valence-electron chi connectivity index (χ4n) is 2.09. The molecule has 0 aromatic carbocycles. The van der Waals surface area contributed by atoms with Gasteiger partial charge < -0.3 is 10.0 Å². The number of carboxylic acid groups (broad SMARTS) is 1. The molecule has 1 aliphatic rings. The van der Waals surface area contributed by atoms with Crippen molar-refractivity contribution in [1.29, 1.82) is 5.26 Å². The second kappa shape index (κ2) is 5.13. The molecule has 1 N–H and O–H groups in total. The van der Waals surface area contributed by atoms with Gasteiger partial charge in [-0.25, -0.2) is 4.98 Å². The van der Waals surface area contributed by atoms with E-state index in [0.717, 1.165) is 0 Å². The minimum atomic E-state index is -0.878. The molecule has 0 aliphatic carbocycles. The van der Waals surface area contributed by atoms with E-state index in [1.54, 1.807) is 17.9 Å². The van der Waals surface area contributed by atoms with E-state index < -0.39 is 16.8 Å². The van der Waals surface area contributed by atoms with Crippen molar-refractivity contribution in [2.45, 2.75) is 6.92 Å². The van der Waals surface area contributed by atoms with Crippen LogP contribution in [0, 0.1) is 33.3 Å². The van der Waals surface area contributed by atoms with Gasteiger partial charge in [0.2, 0.25) is 5.82 Å². The van der Waals surface area contributed by atoms with Crippen LogP contribution in [-0.4, -0.2) is 34.1 Å². The van der Waals surface area contributed by atoms with Gasteiger partial charge in [-0.1, -0.05) is 6.92 Å². The highest BCUT2D eigenvalue weighted by molar-refractivity contribution is 5.71. The molecule has 0 saturated carbocycles. The lowest BCUT2D eigenvalue weighted by atomic mass is 9.87. The monoisotopic (exact) mass is 276 g/mol. The van der Waals surface area contributed by atoms with Gasteiger partial charge in [0.25, 0.3) is 0 Å². The van der Waals surface area contributed by atoms with Crippen molar-refractivity contribution < 1.29 is 14.8 Å². The number of nitrogens with zero attached hydrogens (tertiary/aromatic N) is 4. The molecule has 1 aliphatic heterocycles. The zero-order valence-corrected chi connectivity index (χ0v) is 10.7. The molecule has 8 heteroatoms. The maximum absolute atomic E-state index is 11.0. The molecule has 20 heavy (non-hydrogen) atoms. The van der Waals surface area contributed by atoms with Gasteiger partial charge in [-0.3, -0.25) is 14.9 Å². The number of rotatable bonds is 4. The van der Waals surface area contributed by atoms with Crippen LogP contribution in [0.5, 0.6) is 0 Å². The zero-order chi connectivity index (χ0) is 14.9. The molecule has 1 saturated heterocycles. The lowest BCUT2D eigenvalue weighted by Crippen LogP contribution is -2.51. The largest absolute Gasteiger partial charge is 0.481 e. The number of hydrogen-bond acceptors (Lipinski definition) is 6. The second-order valence-electron chi connectivity index (χ2n) is 4.73. The summed E-state index contributed by atoms with van der Waals surface area (Å²) in [7, 11) is 0. The maximum Gasteiger partial charge on any atom is 0.312 e. The highest BCUT2D eigenvalue weighted by atomic mass is 16.6. The molecule has 1 unspecified atom stereocenters. The number of anilines is 1. The summed E-state index contributed by atoms with van der Waals surface area (Å²) in [5.74, 6) is -1.24. The Labute approximate surface area is 114 Å². The number of carboxylic acids is 1. The standard InChI is InChI=1S/C12H12N4O4/c1-7(12(17)18)9-5-15(6-9)11-10(16(19)20)2-8(3-13)4-14-11/h2,4,7,9H,5-6H2,1H3,(H,17,18). The molecule has 104 valence electrons. The van der Waals surface area contributed by atoms with Crippen LogP contribution in [0.2, 0.25) is 0 Å². The summed E-state index contributed by atoms with van der Waals surface area (Å²) in [6, 6.07) is 2.98. The van der Waals surface area contributed by atoms with Crippen LogP contribution in [0.4, 0.5) is 11.5 Å². The maximum atomic E-state index is 11.0. The van der Waals surface area contributed by atoms with E-state index in [4.69, 9.17) is 10.4 Å². The van der Waals surface area contributed by atoms with Crippen LogP contribution in [0.25, 0.3) is 0 Å². The molecule has 8 nitrogen and oxygen atoms in total. The smallest absolute Gasteiger partial charge is 0.312 e. The third kappa shape index (κ3) is 2.38. The summed E-state index contributed by atoms with van der Waals surface area (Å²) in [6.45, 7) is 2.44. The predicted octanol–water partition coefficient (Wildman–Crippen LogP) is 1.02.